The van der Waals surface area contributed by atoms with Crippen molar-refractivity contribution in [2.45, 2.75) is 38.1 Å². The molecule has 1 aliphatic heterocycles. The highest BCUT2D eigenvalue weighted by molar-refractivity contribution is 5.76. The molecule has 5 nitrogen and oxygen atoms in total. The van der Waals surface area contributed by atoms with Crippen LogP contribution in [0.15, 0.2) is 0 Å². The molecular formula is C13H22N2O3. The Morgan fingerprint density at radius 3 is 2.78 bits per heavy atom. The van der Waals surface area contributed by atoms with Gasteiger partial charge in [0.25, 0.3) is 0 Å². The molecule has 0 aromatic heterocycles. The summed E-state index contributed by atoms with van der Waals surface area (Å²) in [5, 5.41) is 2.98. The van der Waals surface area contributed by atoms with Crippen molar-refractivity contribution in [3.05, 3.63) is 0 Å². The number of rotatable bonds is 5. The van der Waals surface area contributed by atoms with Gasteiger partial charge in [0.2, 0.25) is 5.91 Å². The maximum absolute atomic E-state index is 11.6. The molecule has 0 spiro atoms. The van der Waals surface area contributed by atoms with Gasteiger partial charge in [-0.2, -0.15) is 0 Å². The lowest BCUT2D eigenvalue weighted by Gasteiger charge is -2.30. The van der Waals surface area contributed by atoms with Crippen LogP contribution in [0.3, 0.4) is 0 Å². The minimum atomic E-state index is -0.123. The van der Waals surface area contributed by atoms with Crippen LogP contribution in [0, 0.1) is 5.92 Å². The third-order valence-electron chi connectivity index (χ3n) is 3.64. The minimum Gasteiger partial charge on any atom is -0.469 e. The largest absolute Gasteiger partial charge is 0.469 e. The topological polar surface area (TPSA) is 58.6 Å². The Kier molecular flexibility index (Phi) is 4.58. The summed E-state index contributed by atoms with van der Waals surface area (Å²) in [6.07, 6.45) is 4.69. The van der Waals surface area contributed by atoms with Crippen LogP contribution < -0.4 is 5.32 Å². The lowest BCUT2D eigenvalue weighted by Crippen LogP contribution is -2.41. The molecule has 2 fully saturated rings. The van der Waals surface area contributed by atoms with E-state index in [1.54, 1.807) is 0 Å². The van der Waals surface area contributed by atoms with Crippen molar-refractivity contribution >= 4 is 11.9 Å². The number of carbonyl (C=O) groups is 2. The van der Waals surface area contributed by atoms with Gasteiger partial charge in [0.05, 0.1) is 13.0 Å². The lowest BCUT2D eigenvalue weighted by atomic mass is 9.98. The normalized spacial score (nSPS) is 24.6. The van der Waals surface area contributed by atoms with Gasteiger partial charge in [-0.05, 0) is 32.2 Å². The predicted octanol–water partition coefficient (Wildman–Crippen LogP) is 0.540. The zero-order valence-corrected chi connectivity index (χ0v) is 11.0. The maximum atomic E-state index is 11.6. The van der Waals surface area contributed by atoms with Gasteiger partial charge in [-0.25, -0.2) is 0 Å². The monoisotopic (exact) mass is 254 g/mol. The molecule has 0 radical (unpaired) electrons. The van der Waals surface area contributed by atoms with E-state index < -0.39 is 0 Å². The zero-order valence-electron chi connectivity index (χ0n) is 11.0. The first-order valence-electron chi connectivity index (χ1n) is 6.78. The zero-order chi connectivity index (χ0) is 13.0. The molecule has 18 heavy (non-hydrogen) atoms. The number of hydrogen-bond donors (Lipinski definition) is 1. The molecule has 0 bridgehead atoms. The van der Waals surface area contributed by atoms with Crippen LogP contribution in [0.25, 0.3) is 0 Å². The summed E-state index contributed by atoms with van der Waals surface area (Å²) in [6, 6.07) is 0.432. The number of piperidine rings is 1. The summed E-state index contributed by atoms with van der Waals surface area (Å²) in [5.74, 6) is -0.00457. The Bertz CT molecular complexity index is 315. The van der Waals surface area contributed by atoms with E-state index in [2.05, 4.69) is 10.2 Å². The fraction of sp³-hybridized carbons (Fsp3) is 0.846. The average molecular weight is 254 g/mol. The highest BCUT2D eigenvalue weighted by Crippen LogP contribution is 2.19. The van der Waals surface area contributed by atoms with Crippen molar-refractivity contribution in [1.82, 2.24) is 10.2 Å². The first kappa shape index (κ1) is 13.3. The molecule has 1 amide bonds. The molecule has 1 heterocycles. The van der Waals surface area contributed by atoms with Gasteiger partial charge < -0.3 is 15.0 Å². The Morgan fingerprint density at radius 1 is 1.33 bits per heavy atom. The van der Waals surface area contributed by atoms with E-state index in [1.807, 2.05) is 0 Å². The van der Waals surface area contributed by atoms with E-state index in [0.29, 0.717) is 12.5 Å². The summed E-state index contributed by atoms with van der Waals surface area (Å²) in [5.41, 5.74) is 0. The van der Waals surface area contributed by atoms with E-state index in [0.717, 1.165) is 45.3 Å². The molecule has 0 aromatic carbocycles. The van der Waals surface area contributed by atoms with Crippen molar-refractivity contribution in [2.75, 3.05) is 26.7 Å². The van der Waals surface area contributed by atoms with E-state index in [-0.39, 0.29) is 17.8 Å². The van der Waals surface area contributed by atoms with Crippen LogP contribution in [0.4, 0.5) is 0 Å². The first-order chi connectivity index (χ1) is 8.69. The number of hydrogen-bond acceptors (Lipinski definition) is 4. The molecular weight excluding hydrogens is 232 g/mol. The summed E-state index contributed by atoms with van der Waals surface area (Å²) in [7, 11) is 1.43. The molecule has 2 rings (SSSR count). The molecule has 102 valence electrons. The summed E-state index contributed by atoms with van der Waals surface area (Å²) in [4.78, 5) is 25.2. The van der Waals surface area contributed by atoms with Crippen molar-refractivity contribution in [3.63, 3.8) is 0 Å². The Balaban J connectivity index is 1.68. The van der Waals surface area contributed by atoms with Crippen LogP contribution in [-0.4, -0.2) is 49.6 Å². The van der Waals surface area contributed by atoms with Crippen LogP contribution in [0.5, 0.6) is 0 Å². The molecule has 5 heteroatoms. The standard InChI is InChI=1S/C13H22N2O3/c1-18-13(17)10-3-2-7-15(9-10)8-6-12(16)14-11-4-5-11/h10-11H,2-9H2,1H3,(H,14,16). The van der Waals surface area contributed by atoms with Gasteiger partial charge in [0.1, 0.15) is 0 Å². The molecule has 1 saturated carbocycles. The Labute approximate surface area is 108 Å². The van der Waals surface area contributed by atoms with Crippen molar-refractivity contribution in [2.24, 2.45) is 5.92 Å². The van der Waals surface area contributed by atoms with E-state index in [1.165, 1.54) is 7.11 Å². The van der Waals surface area contributed by atoms with Crippen molar-refractivity contribution in [3.8, 4) is 0 Å². The van der Waals surface area contributed by atoms with Crippen LogP contribution in [0.2, 0.25) is 0 Å². The fourth-order valence-electron chi connectivity index (χ4n) is 2.40. The van der Waals surface area contributed by atoms with E-state index in [9.17, 15) is 9.59 Å². The second kappa shape index (κ2) is 6.18. The Hall–Kier alpha value is -1.10. The number of methoxy groups -OCH3 is 1. The molecule has 1 unspecified atom stereocenters. The van der Waals surface area contributed by atoms with Gasteiger partial charge in [0, 0.05) is 25.6 Å². The number of nitrogens with one attached hydrogen (secondary N) is 1. The molecule has 1 saturated heterocycles. The van der Waals surface area contributed by atoms with Gasteiger partial charge in [-0.3, -0.25) is 9.59 Å². The highest BCUT2D eigenvalue weighted by atomic mass is 16.5. The average Bonchev–Trinajstić information content (AvgIpc) is 3.19. The highest BCUT2D eigenvalue weighted by Gasteiger charge is 2.27. The number of ether oxygens (including phenoxy) is 1. The Morgan fingerprint density at radius 2 is 2.11 bits per heavy atom. The fourth-order valence-corrected chi connectivity index (χ4v) is 2.40. The molecule has 0 aromatic rings. The minimum absolute atomic E-state index is 0.0183. The van der Waals surface area contributed by atoms with Crippen LogP contribution in [0.1, 0.15) is 32.1 Å². The van der Waals surface area contributed by atoms with Gasteiger partial charge in [0.15, 0.2) is 0 Å². The van der Waals surface area contributed by atoms with Crippen molar-refractivity contribution < 1.29 is 14.3 Å². The predicted molar refractivity (Wildman–Crippen MR) is 67.0 cm³/mol. The number of esters is 1. The van der Waals surface area contributed by atoms with Crippen molar-refractivity contribution in [1.29, 1.82) is 0 Å². The third kappa shape index (κ3) is 3.98. The second-order valence-electron chi connectivity index (χ2n) is 5.25. The van der Waals surface area contributed by atoms with Gasteiger partial charge >= 0.3 is 5.97 Å². The maximum Gasteiger partial charge on any atom is 0.309 e. The summed E-state index contributed by atoms with van der Waals surface area (Å²) < 4.78 is 4.78. The molecule has 1 aliphatic carbocycles. The smallest absolute Gasteiger partial charge is 0.309 e. The number of likely N-dealkylation sites (tertiary alicyclic amines) is 1. The first-order valence-corrected chi connectivity index (χ1v) is 6.78. The second-order valence-corrected chi connectivity index (χ2v) is 5.25. The number of carbonyl (C=O) groups excluding carboxylic acids is 2. The molecule has 1 atom stereocenters. The van der Waals surface area contributed by atoms with E-state index in [4.69, 9.17) is 4.74 Å². The van der Waals surface area contributed by atoms with E-state index >= 15 is 0 Å². The van der Waals surface area contributed by atoms with Gasteiger partial charge in [-0.15, -0.1) is 0 Å². The summed E-state index contributed by atoms with van der Waals surface area (Å²) >= 11 is 0. The lowest BCUT2D eigenvalue weighted by molar-refractivity contribution is -0.147. The van der Waals surface area contributed by atoms with Crippen LogP contribution >= 0.6 is 0 Å². The molecule has 2 aliphatic rings. The number of nitrogens with zero attached hydrogens (tertiary/aromatic N) is 1. The van der Waals surface area contributed by atoms with Crippen LogP contribution in [-0.2, 0) is 14.3 Å². The number of amides is 1. The quantitative estimate of drug-likeness (QED) is 0.728. The SMILES string of the molecule is COC(=O)C1CCCN(CCC(=O)NC2CC2)C1. The third-order valence-corrected chi connectivity index (χ3v) is 3.64. The summed E-state index contributed by atoms with van der Waals surface area (Å²) in [6.45, 7) is 2.44. The van der Waals surface area contributed by atoms with Gasteiger partial charge in [-0.1, -0.05) is 0 Å². The molecule has 1 N–H and O–H groups in total.